The minimum Gasteiger partial charge on any atom is -0.234 e. The van der Waals surface area contributed by atoms with Crippen LogP contribution >= 0.6 is 0 Å². The van der Waals surface area contributed by atoms with Gasteiger partial charge in [-0.3, -0.25) is 0 Å². The lowest BCUT2D eigenvalue weighted by molar-refractivity contribution is -0.666. The van der Waals surface area contributed by atoms with Gasteiger partial charge in [0.25, 0.3) is 0 Å². The highest BCUT2D eigenvalue weighted by molar-refractivity contribution is 5.82. The summed E-state index contributed by atoms with van der Waals surface area (Å²) in [5.41, 5.74) is 13.7. The van der Waals surface area contributed by atoms with Gasteiger partial charge in [0.2, 0.25) is 11.4 Å². The van der Waals surface area contributed by atoms with Crippen LogP contribution in [0.15, 0.2) is 133 Å². The summed E-state index contributed by atoms with van der Waals surface area (Å²) in [4.78, 5) is 5.35. The first-order valence-corrected chi connectivity index (χ1v) is 13.4. The topological polar surface area (TPSA) is 16.8 Å². The molecule has 0 spiro atoms. The molecule has 2 heteroatoms. The summed E-state index contributed by atoms with van der Waals surface area (Å²) in [6, 6.07) is 47.1. The Hall–Kier alpha value is -4.82. The van der Waals surface area contributed by atoms with Crippen LogP contribution in [0.3, 0.4) is 0 Å². The van der Waals surface area contributed by atoms with Gasteiger partial charge in [0.15, 0.2) is 0 Å². The van der Waals surface area contributed by atoms with E-state index in [1.807, 2.05) is 6.07 Å². The summed E-state index contributed by atoms with van der Waals surface area (Å²) in [6.45, 7) is 4.36. The van der Waals surface area contributed by atoms with Crippen LogP contribution in [-0.4, -0.2) is 4.98 Å². The van der Waals surface area contributed by atoms with Crippen LogP contribution in [0, 0.1) is 13.8 Å². The molecule has 0 saturated carbocycles. The van der Waals surface area contributed by atoms with Crippen molar-refractivity contribution in [2.24, 2.45) is 7.05 Å². The van der Waals surface area contributed by atoms with E-state index in [9.17, 15) is 0 Å². The van der Waals surface area contributed by atoms with E-state index in [-0.39, 0.29) is 0 Å². The molecular formula is C37H31N2+. The third-order valence-corrected chi connectivity index (χ3v) is 7.53. The largest absolute Gasteiger partial charge is 0.239 e. The number of nitrogens with zero attached hydrogens (tertiary/aromatic N) is 2. The van der Waals surface area contributed by atoms with Gasteiger partial charge in [0.05, 0.1) is 5.56 Å². The second-order valence-electron chi connectivity index (χ2n) is 10.0. The van der Waals surface area contributed by atoms with Crippen molar-refractivity contribution in [2.75, 3.05) is 0 Å². The first kappa shape index (κ1) is 24.5. The Morgan fingerprint density at radius 3 is 1.46 bits per heavy atom. The number of rotatable bonds is 5. The van der Waals surface area contributed by atoms with Crippen LogP contribution in [-0.2, 0) is 7.05 Å². The van der Waals surface area contributed by atoms with Crippen molar-refractivity contribution in [3.8, 4) is 56.0 Å². The fourth-order valence-electron chi connectivity index (χ4n) is 5.30. The Morgan fingerprint density at radius 1 is 0.462 bits per heavy atom. The van der Waals surface area contributed by atoms with Gasteiger partial charge < -0.3 is 0 Å². The van der Waals surface area contributed by atoms with Gasteiger partial charge >= 0.3 is 0 Å². The van der Waals surface area contributed by atoms with Crippen molar-refractivity contribution >= 4 is 0 Å². The van der Waals surface area contributed by atoms with Crippen LogP contribution in [0.25, 0.3) is 56.0 Å². The van der Waals surface area contributed by atoms with Gasteiger partial charge in [-0.25, -0.2) is 4.98 Å². The van der Waals surface area contributed by atoms with Gasteiger partial charge in [0, 0.05) is 18.1 Å². The zero-order valence-corrected chi connectivity index (χ0v) is 22.6. The molecule has 0 aliphatic carbocycles. The monoisotopic (exact) mass is 503 g/mol. The first-order valence-electron chi connectivity index (χ1n) is 13.4. The van der Waals surface area contributed by atoms with Crippen molar-refractivity contribution < 1.29 is 4.57 Å². The summed E-state index contributed by atoms with van der Waals surface area (Å²) in [7, 11) is 2.16. The van der Waals surface area contributed by atoms with Crippen molar-refractivity contribution in [1.29, 1.82) is 0 Å². The molecule has 0 atom stereocenters. The number of benzene rings is 5. The predicted molar refractivity (Wildman–Crippen MR) is 162 cm³/mol. The van der Waals surface area contributed by atoms with Crippen LogP contribution in [0.5, 0.6) is 0 Å². The van der Waals surface area contributed by atoms with E-state index in [4.69, 9.17) is 4.98 Å². The Morgan fingerprint density at radius 2 is 0.897 bits per heavy atom. The predicted octanol–water partition coefficient (Wildman–Crippen LogP) is 8.86. The lowest BCUT2D eigenvalue weighted by atomic mass is 9.94. The molecular weight excluding hydrogens is 472 g/mol. The van der Waals surface area contributed by atoms with E-state index < -0.39 is 0 Å². The van der Waals surface area contributed by atoms with E-state index in [1.54, 1.807) is 0 Å². The molecule has 1 aromatic heterocycles. The Labute approximate surface area is 230 Å². The van der Waals surface area contributed by atoms with Crippen LogP contribution in [0.1, 0.15) is 11.3 Å². The van der Waals surface area contributed by atoms with E-state index >= 15 is 0 Å². The first-order chi connectivity index (χ1) is 19.1. The summed E-state index contributed by atoms with van der Waals surface area (Å²) >= 11 is 0. The average Bonchev–Trinajstić information content (AvgIpc) is 3.00. The van der Waals surface area contributed by atoms with E-state index in [1.165, 1.54) is 33.4 Å². The third kappa shape index (κ3) is 4.78. The fraction of sp³-hybridized carbons (Fsp3) is 0.0811. The molecule has 0 unspecified atom stereocenters. The Balaban J connectivity index is 1.54. The van der Waals surface area contributed by atoms with Gasteiger partial charge in [0.1, 0.15) is 18.4 Å². The summed E-state index contributed by atoms with van der Waals surface area (Å²) in [5, 5.41) is 0. The van der Waals surface area contributed by atoms with Crippen LogP contribution < -0.4 is 4.57 Å². The third-order valence-electron chi connectivity index (χ3n) is 7.53. The average molecular weight is 504 g/mol. The SMILES string of the molecule is Cc1cc(-c2ccccc2)ccc1-c1c(-c2ccc(-c3ccccc3)cc2)nc(-c2ccccc2)c(C)[n+]1C. The maximum absolute atomic E-state index is 5.35. The highest BCUT2D eigenvalue weighted by Crippen LogP contribution is 2.35. The highest BCUT2D eigenvalue weighted by atomic mass is 15.0. The second kappa shape index (κ2) is 10.5. The number of aryl methyl sites for hydroxylation is 1. The van der Waals surface area contributed by atoms with Crippen molar-refractivity contribution in [1.82, 2.24) is 4.98 Å². The Bertz CT molecular complexity index is 1740. The fourth-order valence-corrected chi connectivity index (χ4v) is 5.30. The van der Waals surface area contributed by atoms with Crippen molar-refractivity contribution in [2.45, 2.75) is 13.8 Å². The summed E-state index contributed by atoms with van der Waals surface area (Å²) < 4.78 is 2.31. The van der Waals surface area contributed by atoms with Gasteiger partial charge in [-0.2, -0.15) is 4.57 Å². The molecule has 0 saturated heterocycles. The van der Waals surface area contributed by atoms with E-state index in [0.29, 0.717) is 0 Å². The molecule has 6 rings (SSSR count). The van der Waals surface area contributed by atoms with Crippen molar-refractivity contribution in [3.05, 3.63) is 145 Å². The molecule has 0 aliphatic rings. The van der Waals surface area contributed by atoms with Gasteiger partial charge in [-0.15, -0.1) is 0 Å². The number of hydrogen-bond donors (Lipinski definition) is 0. The lowest BCUT2D eigenvalue weighted by Crippen LogP contribution is -2.37. The molecule has 2 nitrogen and oxygen atoms in total. The number of hydrogen-bond acceptors (Lipinski definition) is 1. The highest BCUT2D eigenvalue weighted by Gasteiger charge is 2.26. The van der Waals surface area contributed by atoms with E-state index in [2.05, 4.69) is 153 Å². The standard InChI is InChI=1S/C37H31N2/c1-26-25-33(29-15-9-5-10-16-29)23-24-34(26)37-36(32-21-19-30(20-22-32)28-13-7-4-8-14-28)38-35(27(2)39(37)3)31-17-11-6-12-18-31/h4-25H,1-3H3/q+1. The minimum atomic E-state index is 0.983. The normalized spacial score (nSPS) is 10.9. The molecule has 5 aromatic carbocycles. The van der Waals surface area contributed by atoms with Crippen molar-refractivity contribution in [3.63, 3.8) is 0 Å². The smallest absolute Gasteiger partial charge is 0.234 e. The molecule has 0 bridgehead atoms. The summed E-state index contributed by atoms with van der Waals surface area (Å²) in [6.07, 6.45) is 0. The second-order valence-corrected chi connectivity index (χ2v) is 10.0. The van der Waals surface area contributed by atoms with Crippen LogP contribution in [0.2, 0.25) is 0 Å². The number of aromatic nitrogens is 2. The molecule has 0 aliphatic heterocycles. The molecule has 0 radical (unpaired) electrons. The molecule has 0 amide bonds. The molecule has 1 heterocycles. The molecule has 39 heavy (non-hydrogen) atoms. The Kier molecular flexibility index (Phi) is 6.61. The van der Waals surface area contributed by atoms with Crippen LogP contribution in [0.4, 0.5) is 0 Å². The van der Waals surface area contributed by atoms with Gasteiger partial charge in [-0.1, -0.05) is 127 Å². The van der Waals surface area contributed by atoms with Gasteiger partial charge in [-0.05, 0) is 40.8 Å². The minimum absolute atomic E-state index is 0.983. The zero-order chi connectivity index (χ0) is 26.8. The maximum Gasteiger partial charge on any atom is 0.239 e. The quantitative estimate of drug-likeness (QED) is 0.215. The maximum atomic E-state index is 5.35. The summed E-state index contributed by atoms with van der Waals surface area (Å²) in [5.74, 6) is 0. The van der Waals surface area contributed by atoms with E-state index in [0.717, 1.165) is 33.9 Å². The molecule has 6 aromatic rings. The molecule has 0 N–H and O–H groups in total. The lowest BCUT2D eigenvalue weighted by Gasteiger charge is -2.15. The molecule has 188 valence electrons. The zero-order valence-electron chi connectivity index (χ0n) is 22.6. The molecule has 0 fully saturated rings.